The van der Waals surface area contributed by atoms with E-state index in [1.54, 1.807) is 43.0 Å². The van der Waals surface area contributed by atoms with Crippen LogP contribution >= 0.6 is 0 Å². The van der Waals surface area contributed by atoms with Crippen molar-refractivity contribution in [1.82, 2.24) is 19.9 Å². The quantitative estimate of drug-likeness (QED) is 0.740. The van der Waals surface area contributed by atoms with E-state index in [0.717, 1.165) is 5.56 Å². The van der Waals surface area contributed by atoms with E-state index in [9.17, 15) is 10.1 Å². The highest BCUT2D eigenvalue weighted by atomic mass is 16.1. The maximum absolute atomic E-state index is 12.8. The Balaban J connectivity index is 1.77. The zero-order valence-electron chi connectivity index (χ0n) is 16.3. The molecule has 28 heavy (non-hydrogen) atoms. The van der Waals surface area contributed by atoms with Crippen LogP contribution in [0.5, 0.6) is 0 Å². The van der Waals surface area contributed by atoms with Crippen LogP contribution in [0, 0.1) is 16.7 Å². The molecule has 1 amide bonds. The largest absolute Gasteiger partial charge is 0.347 e. The Morgan fingerprint density at radius 1 is 1.21 bits per heavy atom. The summed E-state index contributed by atoms with van der Waals surface area (Å²) in [6.45, 7) is 6.94. The maximum Gasteiger partial charge on any atom is 0.251 e. The number of benzene rings is 1. The molecule has 0 saturated carbocycles. The van der Waals surface area contributed by atoms with Gasteiger partial charge in [-0.3, -0.25) is 9.78 Å². The van der Waals surface area contributed by atoms with E-state index in [1.807, 2.05) is 22.9 Å². The molecule has 0 aliphatic heterocycles. The lowest BCUT2D eigenvalue weighted by molar-refractivity contribution is 0.0892. The van der Waals surface area contributed by atoms with Gasteiger partial charge in [-0.25, -0.2) is 4.98 Å². The molecule has 6 nitrogen and oxygen atoms in total. The number of rotatable bonds is 5. The van der Waals surface area contributed by atoms with Crippen molar-refractivity contribution in [2.24, 2.45) is 5.41 Å². The van der Waals surface area contributed by atoms with Gasteiger partial charge in [-0.05, 0) is 29.7 Å². The first-order valence-corrected chi connectivity index (χ1v) is 9.10. The lowest BCUT2D eigenvalue weighted by atomic mass is 9.86. The predicted octanol–water partition coefficient (Wildman–Crippen LogP) is 3.66. The SMILES string of the molecule is CC(C)(C)C(Cn1ccnc1)NC(=O)c1ccc(-c2ncccc2C#N)cc1. The van der Waals surface area contributed by atoms with Gasteiger partial charge < -0.3 is 9.88 Å². The molecule has 142 valence electrons. The van der Waals surface area contributed by atoms with Gasteiger partial charge in [0.05, 0.1) is 23.6 Å². The summed E-state index contributed by atoms with van der Waals surface area (Å²) in [7, 11) is 0. The fourth-order valence-corrected chi connectivity index (χ4v) is 2.89. The zero-order valence-corrected chi connectivity index (χ0v) is 16.3. The van der Waals surface area contributed by atoms with E-state index in [-0.39, 0.29) is 17.4 Å². The van der Waals surface area contributed by atoms with Gasteiger partial charge in [0, 0.05) is 36.3 Å². The summed E-state index contributed by atoms with van der Waals surface area (Å²) in [4.78, 5) is 21.2. The van der Waals surface area contributed by atoms with Gasteiger partial charge in [0.2, 0.25) is 0 Å². The molecule has 3 aromatic rings. The second-order valence-electron chi connectivity index (χ2n) is 7.74. The molecule has 1 atom stereocenters. The molecule has 6 heteroatoms. The highest BCUT2D eigenvalue weighted by Crippen LogP contribution is 2.23. The average molecular weight is 373 g/mol. The van der Waals surface area contributed by atoms with Crippen molar-refractivity contribution in [3.63, 3.8) is 0 Å². The van der Waals surface area contributed by atoms with Crippen LogP contribution in [0.15, 0.2) is 61.3 Å². The molecule has 1 aromatic carbocycles. The minimum absolute atomic E-state index is 0.0603. The number of carbonyl (C=O) groups is 1. The number of imidazole rings is 1. The third kappa shape index (κ3) is 4.44. The number of amides is 1. The number of carbonyl (C=O) groups excluding carboxylic acids is 1. The summed E-state index contributed by atoms with van der Waals surface area (Å²) in [5.41, 5.74) is 2.38. The van der Waals surface area contributed by atoms with Crippen molar-refractivity contribution < 1.29 is 4.79 Å². The fourth-order valence-electron chi connectivity index (χ4n) is 2.89. The second kappa shape index (κ2) is 8.05. The average Bonchev–Trinajstić information content (AvgIpc) is 3.20. The Hall–Kier alpha value is -3.46. The Morgan fingerprint density at radius 2 is 1.96 bits per heavy atom. The first-order valence-electron chi connectivity index (χ1n) is 9.10. The smallest absolute Gasteiger partial charge is 0.251 e. The summed E-state index contributed by atoms with van der Waals surface area (Å²) < 4.78 is 1.96. The normalized spacial score (nSPS) is 12.2. The van der Waals surface area contributed by atoms with Gasteiger partial charge in [-0.15, -0.1) is 0 Å². The summed E-state index contributed by atoms with van der Waals surface area (Å²) >= 11 is 0. The zero-order chi connectivity index (χ0) is 20.1. The molecule has 1 N–H and O–H groups in total. The maximum atomic E-state index is 12.8. The van der Waals surface area contributed by atoms with E-state index in [1.165, 1.54) is 0 Å². The Labute approximate surface area is 164 Å². The van der Waals surface area contributed by atoms with Crippen LogP contribution in [0.1, 0.15) is 36.7 Å². The first kappa shape index (κ1) is 19.3. The van der Waals surface area contributed by atoms with Crippen LogP contribution in [0.25, 0.3) is 11.3 Å². The van der Waals surface area contributed by atoms with Crippen molar-refractivity contribution in [3.05, 3.63) is 72.4 Å². The number of nitrogens with zero attached hydrogens (tertiary/aromatic N) is 4. The molecule has 0 bridgehead atoms. The molecule has 0 radical (unpaired) electrons. The minimum Gasteiger partial charge on any atom is -0.347 e. The monoisotopic (exact) mass is 373 g/mol. The van der Waals surface area contributed by atoms with Crippen LogP contribution in [-0.2, 0) is 6.54 Å². The molecule has 2 aromatic heterocycles. The lowest BCUT2D eigenvalue weighted by Crippen LogP contribution is -2.46. The molecule has 0 fully saturated rings. The van der Waals surface area contributed by atoms with Crippen molar-refractivity contribution >= 4 is 5.91 Å². The number of hydrogen-bond donors (Lipinski definition) is 1. The molecular weight excluding hydrogens is 350 g/mol. The van der Waals surface area contributed by atoms with Crippen molar-refractivity contribution in [1.29, 1.82) is 5.26 Å². The number of nitriles is 1. The summed E-state index contributed by atoms with van der Waals surface area (Å²) in [5, 5.41) is 12.4. The third-order valence-corrected chi connectivity index (χ3v) is 4.65. The Morgan fingerprint density at radius 3 is 2.57 bits per heavy atom. The number of hydrogen-bond acceptors (Lipinski definition) is 4. The summed E-state index contributed by atoms with van der Waals surface area (Å²) in [6.07, 6.45) is 7.02. The molecule has 2 heterocycles. The molecule has 3 rings (SSSR count). The standard InChI is InChI=1S/C22H23N5O/c1-22(2,3)19(14-27-12-11-24-15-27)26-21(28)17-8-6-16(7-9-17)20-18(13-23)5-4-10-25-20/h4-12,15,19H,14H2,1-3H3,(H,26,28). The Kier molecular flexibility index (Phi) is 5.55. The van der Waals surface area contributed by atoms with Crippen LogP contribution in [0.3, 0.4) is 0 Å². The van der Waals surface area contributed by atoms with Crippen LogP contribution < -0.4 is 5.32 Å². The van der Waals surface area contributed by atoms with E-state index >= 15 is 0 Å². The number of pyridine rings is 1. The van der Waals surface area contributed by atoms with Gasteiger partial charge in [-0.2, -0.15) is 5.26 Å². The second-order valence-corrected chi connectivity index (χ2v) is 7.74. The van der Waals surface area contributed by atoms with Crippen molar-refractivity contribution in [3.8, 4) is 17.3 Å². The first-order chi connectivity index (χ1) is 13.4. The molecular formula is C22H23N5O. The van der Waals surface area contributed by atoms with Gasteiger partial charge in [0.1, 0.15) is 6.07 Å². The van der Waals surface area contributed by atoms with E-state index in [4.69, 9.17) is 0 Å². The van der Waals surface area contributed by atoms with Gasteiger partial charge in [-0.1, -0.05) is 32.9 Å². The highest BCUT2D eigenvalue weighted by Gasteiger charge is 2.27. The van der Waals surface area contributed by atoms with E-state index < -0.39 is 0 Å². The number of aromatic nitrogens is 3. The Bertz CT molecular complexity index is 979. The summed E-state index contributed by atoms with van der Waals surface area (Å²) in [5.74, 6) is -0.131. The topological polar surface area (TPSA) is 83.6 Å². The highest BCUT2D eigenvalue weighted by molar-refractivity contribution is 5.95. The summed E-state index contributed by atoms with van der Waals surface area (Å²) in [6, 6.07) is 12.7. The van der Waals surface area contributed by atoms with Crippen LogP contribution in [0.2, 0.25) is 0 Å². The van der Waals surface area contributed by atoms with Crippen molar-refractivity contribution in [2.45, 2.75) is 33.4 Å². The van der Waals surface area contributed by atoms with Crippen LogP contribution in [0.4, 0.5) is 0 Å². The molecule has 0 aliphatic carbocycles. The molecule has 0 spiro atoms. The van der Waals surface area contributed by atoms with Crippen molar-refractivity contribution in [2.75, 3.05) is 0 Å². The molecule has 0 saturated heterocycles. The third-order valence-electron chi connectivity index (χ3n) is 4.65. The minimum atomic E-state index is -0.131. The number of nitrogens with one attached hydrogen (secondary N) is 1. The van der Waals surface area contributed by atoms with E-state index in [0.29, 0.717) is 23.4 Å². The van der Waals surface area contributed by atoms with Gasteiger partial charge in [0.15, 0.2) is 0 Å². The lowest BCUT2D eigenvalue weighted by Gasteiger charge is -2.31. The predicted molar refractivity (Wildman–Crippen MR) is 107 cm³/mol. The van der Waals surface area contributed by atoms with E-state index in [2.05, 4.69) is 42.1 Å². The van der Waals surface area contributed by atoms with Crippen LogP contribution in [-0.4, -0.2) is 26.5 Å². The molecule has 1 unspecified atom stereocenters. The van der Waals surface area contributed by atoms with Gasteiger partial charge >= 0.3 is 0 Å². The fraction of sp³-hybridized carbons (Fsp3) is 0.273. The van der Waals surface area contributed by atoms with Gasteiger partial charge in [0.25, 0.3) is 5.91 Å². The molecule has 0 aliphatic rings.